The van der Waals surface area contributed by atoms with Gasteiger partial charge in [0.05, 0.1) is 29.0 Å². The number of nitriles is 1. The van der Waals surface area contributed by atoms with E-state index >= 15 is 4.39 Å². The van der Waals surface area contributed by atoms with E-state index in [1.807, 2.05) is 6.07 Å². The minimum absolute atomic E-state index is 0.0332. The van der Waals surface area contributed by atoms with Crippen LogP contribution in [0.5, 0.6) is 0 Å². The van der Waals surface area contributed by atoms with Crippen LogP contribution in [0.4, 0.5) is 20.6 Å². The topological polar surface area (TPSA) is 120 Å². The third kappa shape index (κ3) is 6.57. The van der Waals surface area contributed by atoms with Gasteiger partial charge in [0.15, 0.2) is 0 Å². The summed E-state index contributed by atoms with van der Waals surface area (Å²) >= 11 is 5.95. The average molecular weight is 590 g/mol. The lowest BCUT2D eigenvalue weighted by molar-refractivity contribution is -0.119. The van der Waals surface area contributed by atoms with E-state index in [4.69, 9.17) is 22.1 Å². The van der Waals surface area contributed by atoms with Crippen molar-refractivity contribution in [3.63, 3.8) is 0 Å². The number of carbonyl (C=O) groups is 2. The van der Waals surface area contributed by atoms with Gasteiger partial charge < -0.3 is 26.0 Å². The van der Waals surface area contributed by atoms with Gasteiger partial charge in [-0.25, -0.2) is 9.18 Å². The maximum atomic E-state index is 15.1. The van der Waals surface area contributed by atoms with Crippen LogP contribution in [0.1, 0.15) is 48.8 Å². The molecule has 1 saturated heterocycles. The van der Waals surface area contributed by atoms with Gasteiger partial charge in [0, 0.05) is 30.8 Å². The van der Waals surface area contributed by atoms with Crippen LogP contribution >= 0.6 is 11.6 Å². The molecule has 3 amide bonds. The number of hydrogen-bond acceptors (Lipinski definition) is 5. The molecular formula is C32H33ClFN5O3. The Bertz CT molecular complexity index is 1510. The minimum Gasteiger partial charge on any atom is -0.380 e. The fraction of sp³-hybridized carbons (Fsp3) is 0.344. The van der Waals surface area contributed by atoms with E-state index in [2.05, 4.69) is 16.7 Å². The number of nitrogens with zero attached hydrogens (tertiary/aromatic N) is 2. The molecule has 0 spiro atoms. The molecular weight excluding hydrogens is 557 g/mol. The van der Waals surface area contributed by atoms with Crippen molar-refractivity contribution < 1.29 is 18.7 Å². The Kier molecular flexibility index (Phi) is 8.78. The second-order valence-electron chi connectivity index (χ2n) is 11.0. The first kappa shape index (κ1) is 29.5. The van der Waals surface area contributed by atoms with Crippen molar-refractivity contribution in [2.75, 3.05) is 24.3 Å². The summed E-state index contributed by atoms with van der Waals surface area (Å²) in [6, 6.07) is 19.0. The molecule has 2 fully saturated rings. The first-order valence-electron chi connectivity index (χ1n) is 14.0. The molecule has 1 saturated carbocycles. The molecule has 0 aromatic heterocycles. The lowest BCUT2D eigenvalue weighted by Gasteiger charge is -2.32. The molecule has 1 aliphatic carbocycles. The van der Waals surface area contributed by atoms with Crippen LogP contribution in [0.2, 0.25) is 5.02 Å². The summed E-state index contributed by atoms with van der Waals surface area (Å²) in [5.41, 5.74) is 8.40. The zero-order valence-corrected chi connectivity index (χ0v) is 24.0. The molecule has 42 heavy (non-hydrogen) atoms. The van der Waals surface area contributed by atoms with Crippen LogP contribution in [0, 0.1) is 23.1 Å². The monoisotopic (exact) mass is 589 g/mol. The van der Waals surface area contributed by atoms with Crippen molar-refractivity contribution >= 4 is 34.9 Å². The summed E-state index contributed by atoms with van der Waals surface area (Å²) in [5, 5.41) is 15.5. The van der Waals surface area contributed by atoms with E-state index in [1.165, 1.54) is 18.1 Å². The zero-order chi connectivity index (χ0) is 29.9. The molecule has 3 aromatic rings. The van der Waals surface area contributed by atoms with Gasteiger partial charge in [-0.05, 0) is 78.4 Å². The fourth-order valence-corrected chi connectivity index (χ4v) is 5.57. The van der Waals surface area contributed by atoms with E-state index in [1.54, 1.807) is 54.6 Å². The lowest BCUT2D eigenvalue weighted by atomic mass is 9.79. The van der Waals surface area contributed by atoms with Gasteiger partial charge in [-0.3, -0.25) is 4.79 Å². The Morgan fingerprint density at radius 3 is 2.55 bits per heavy atom. The molecule has 0 radical (unpaired) electrons. The lowest BCUT2D eigenvalue weighted by Crippen LogP contribution is -2.45. The van der Waals surface area contributed by atoms with Gasteiger partial charge in [-0.15, -0.1) is 0 Å². The third-order valence-electron chi connectivity index (χ3n) is 8.15. The molecule has 10 heteroatoms. The molecule has 4 N–H and O–H groups in total. The van der Waals surface area contributed by atoms with Crippen LogP contribution in [0.25, 0.3) is 0 Å². The maximum absolute atomic E-state index is 15.1. The number of nitrogens with one attached hydrogen (secondary N) is 2. The number of benzene rings is 3. The largest absolute Gasteiger partial charge is 0.380 e. The standard InChI is InChI=1S/C32H33ClFN5O3/c1-42-26-17-29(39(19-26)31(41)37-25-10-8-24(33)9-11-25)30(40)38-28-16-23(7-12-27(28)34)32(36,14-13-20-5-6-20)22-4-2-3-21(15-22)18-35/h2-4,7-12,15-16,20,26,29H,5-6,13-14,17,19,36H2,1H3,(H,37,41)(H,38,40). The molecule has 218 valence electrons. The van der Waals surface area contributed by atoms with E-state index < -0.39 is 29.3 Å². The van der Waals surface area contributed by atoms with Crippen LogP contribution in [0.15, 0.2) is 66.7 Å². The van der Waals surface area contributed by atoms with Crippen LogP contribution < -0.4 is 16.4 Å². The molecule has 5 rings (SSSR count). The molecule has 3 atom stereocenters. The minimum atomic E-state index is -0.998. The second-order valence-corrected chi connectivity index (χ2v) is 11.5. The Morgan fingerprint density at radius 1 is 1.12 bits per heavy atom. The average Bonchev–Trinajstić information content (AvgIpc) is 3.73. The quantitative estimate of drug-likeness (QED) is 0.283. The summed E-state index contributed by atoms with van der Waals surface area (Å²) in [6.45, 7) is 0.193. The summed E-state index contributed by atoms with van der Waals surface area (Å²) in [5.74, 6) is -0.558. The van der Waals surface area contributed by atoms with Crippen molar-refractivity contribution in [3.05, 3.63) is 94.3 Å². The number of carbonyl (C=O) groups excluding carboxylic acids is 2. The van der Waals surface area contributed by atoms with E-state index in [0.717, 1.165) is 24.8 Å². The third-order valence-corrected chi connectivity index (χ3v) is 8.40. The summed E-state index contributed by atoms with van der Waals surface area (Å²) < 4.78 is 20.6. The molecule has 1 aliphatic heterocycles. The van der Waals surface area contributed by atoms with E-state index in [0.29, 0.717) is 34.2 Å². The number of ether oxygens (including phenoxy) is 1. The number of amides is 3. The van der Waals surface area contributed by atoms with Gasteiger partial charge in [-0.2, -0.15) is 5.26 Å². The van der Waals surface area contributed by atoms with Crippen molar-refractivity contribution in [2.24, 2.45) is 11.7 Å². The normalized spacial score (nSPS) is 19.5. The number of nitrogens with two attached hydrogens (primary N) is 1. The fourth-order valence-electron chi connectivity index (χ4n) is 5.44. The second kappa shape index (κ2) is 12.5. The molecule has 8 nitrogen and oxygen atoms in total. The van der Waals surface area contributed by atoms with Gasteiger partial charge in [0.25, 0.3) is 0 Å². The van der Waals surface area contributed by atoms with Crippen molar-refractivity contribution in [1.82, 2.24) is 4.90 Å². The zero-order valence-electron chi connectivity index (χ0n) is 23.3. The van der Waals surface area contributed by atoms with Crippen LogP contribution in [-0.2, 0) is 15.1 Å². The molecule has 3 unspecified atom stereocenters. The first-order chi connectivity index (χ1) is 20.2. The molecule has 2 aliphatic rings. The van der Waals surface area contributed by atoms with Gasteiger partial charge in [0.2, 0.25) is 5.91 Å². The predicted molar refractivity (Wildman–Crippen MR) is 159 cm³/mol. The Balaban J connectivity index is 1.39. The summed E-state index contributed by atoms with van der Waals surface area (Å²) in [7, 11) is 1.52. The molecule has 1 heterocycles. The summed E-state index contributed by atoms with van der Waals surface area (Å²) in [4.78, 5) is 28.1. The highest BCUT2D eigenvalue weighted by atomic mass is 35.5. The van der Waals surface area contributed by atoms with Gasteiger partial charge >= 0.3 is 6.03 Å². The number of hydrogen-bond donors (Lipinski definition) is 3. The number of rotatable bonds is 9. The van der Waals surface area contributed by atoms with Crippen LogP contribution in [0.3, 0.4) is 0 Å². The van der Waals surface area contributed by atoms with E-state index in [-0.39, 0.29) is 24.8 Å². The smallest absolute Gasteiger partial charge is 0.322 e. The molecule has 3 aromatic carbocycles. The first-order valence-corrected chi connectivity index (χ1v) is 14.3. The van der Waals surface area contributed by atoms with Crippen molar-refractivity contribution in [3.8, 4) is 6.07 Å². The predicted octanol–water partition coefficient (Wildman–Crippen LogP) is 6.00. The van der Waals surface area contributed by atoms with Gasteiger partial charge in [-0.1, -0.05) is 42.6 Å². The van der Waals surface area contributed by atoms with E-state index in [9.17, 15) is 14.9 Å². The Labute approximate surface area is 249 Å². The Hall–Kier alpha value is -3.97. The Morgan fingerprint density at radius 2 is 1.86 bits per heavy atom. The highest BCUT2D eigenvalue weighted by molar-refractivity contribution is 6.30. The number of methoxy groups -OCH3 is 1. The summed E-state index contributed by atoms with van der Waals surface area (Å²) in [6.07, 6.45) is 3.70. The number of halogens is 2. The number of anilines is 2. The number of urea groups is 1. The highest BCUT2D eigenvalue weighted by Gasteiger charge is 2.40. The number of likely N-dealkylation sites (tertiary alicyclic amines) is 1. The van der Waals surface area contributed by atoms with Crippen LogP contribution in [-0.4, -0.2) is 42.6 Å². The molecule has 0 bridgehead atoms. The maximum Gasteiger partial charge on any atom is 0.322 e. The van der Waals surface area contributed by atoms with Crippen molar-refractivity contribution in [1.29, 1.82) is 5.26 Å². The SMILES string of the molecule is COC1CC(C(=O)Nc2cc(C(N)(CCC3CC3)c3cccc(C#N)c3)ccc2F)N(C(=O)Nc2ccc(Cl)cc2)C1. The van der Waals surface area contributed by atoms with Crippen molar-refractivity contribution in [2.45, 2.75) is 49.8 Å². The van der Waals surface area contributed by atoms with Gasteiger partial charge in [0.1, 0.15) is 11.9 Å². The highest BCUT2D eigenvalue weighted by Crippen LogP contribution is 2.40.